The second-order valence-electron chi connectivity index (χ2n) is 3.14. The van der Waals surface area contributed by atoms with E-state index in [2.05, 4.69) is 17.1 Å². The van der Waals surface area contributed by atoms with Gasteiger partial charge < -0.3 is 15.3 Å². The molecule has 0 amide bonds. The summed E-state index contributed by atoms with van der Waals surface area (Å²) in [6, 6.07) is 0.304. The van der Waals surface area contributed by atoms with Crippen LogP contribution in [-0.4, -0.2) is 48.8 Å². The van der Waals surface area contributed by atoms with E-state index in [1.54, 1.807) is 0 Å². The van der Waals surface area contributed by atoms with Crippen LogP contribution in [0.15, 0.2) is 0 Å². The molecular weight excluding hydrogens is 140 g/mol. The Morgan fingerprint density at radius 2 is 2.36 bits per heavy atom. The third-order valence-electron chi connectivity index (χ3n) is 2.48. The van der Waals surface area contributed by atoms with Gasteiger partial charge in [0.2, 0.25) is 0 Å². The number of β-amino-alcohol motifs (C(OH)–C–C–N with tert-alkyl or cyclic N) is 1. The summed E-state index contributed by atoms with van der Waals surface area (Å²) in [4.78, 5) is 2.28. The van der Waals surface area contributed by atoms with Crippen molar-refractivity contribution in [3.63, 3.8) is 0 Å². The highest BCUT2D eigenvalue weighted by atomic mass is 16.3. The van der Waals surface area contributed by atoms with Gasteiger partial charge in [-0.05, 0) is 26.6 Å². The Morgan fingerprint density at radius 3 is 2.82 bits per heavy atom. The Hall–Kier alpha value is -0.120. The topological polar surface area (TPSA) is 35.5 Å². The average molecular weight is 158 g/mol. The first kappa shape index (κ1) is 8.97. The van der Waals surface area contributed by atoms with E-state index >= 15 is 0 Å². The van der Waals surface area contributed by atoms with Crippen molar-refractivity contribution in [2.75, 3.05) is 26.7 Å². The van der Waals surface area contributed by atoms with E-state index in [-0.39, 0.29) is 6.10 Å². The Labute approximate surface area is 68.4 Å². The van der Waals surface area contributed by atoms with Gasteiger partial charge in [0.05, 0.1) is 6.10 Å². The van der Waals surface area contributed by atoms with Crippen LogP contribution in [0.3, 0.4) is 0 Å². The van der Waals surface area contributed by atoms with Crippen molar-refractivity contribution < 1.29 is 5.11 Å². The van der Waals surface area contributed by atoms with Gasteiger partial charge in [-0.15, -0.1) is 0 Å². The van der Waals surface area contributed by atoms with Crippen molar-refractivity contribution >= 4 is 0 Å². The number of rotatable bonds is 2. The molecule has 3 heteroatoms. The fourth-order valence-electron chi connectivity index (χ4n) is 1.62. The smallest absolute Gasteiger partial charge is 0.0820 e. The van der Waals surface area contributed by atoms with Crippen LogP contribution >= 0.6 is 0 Å². The van der Waals surface area contributed by atoms with Crippen LogP contribution in [0.4, 0.5) is 0 Å². The first-order valence-electron chi connectivity index (χ1n) is 4.35. The summed E-state index contributed by atoms with van der Waals surface area (Å²) >= 11 is 0. The average Bonchev–Trinajstić information content (AvgIpc) is 2.04. The van der Waals surface area contributed by atoms with E-state index in [1.807, 2.05) is 7.05 Å². The predicted octanol–water partition coefficient (Wildman–Crippen LogP) is -0.339. The van der Waals surface area contributed by atoms with E-state index in [9.17, 15) is 5.11 Å². The van der Waals surface area contributed by atoms with Crippen molar-refractivity contribution in [2.24, 2.45) is 0 Å². The maximum atomic E-state index is 9.57. The lowest BCUT2D eigenvalue weighted by atomic mass is 10.0. The molecule has 0 aromatic rings. The third kappa shape index (κ3) is 2.15. The van der Waals surface area contributed by atoms with E-state index in [1.165, 1.54) is 0 Å². The molecule has 1 aliphatic heterocycles. The molecule has 0 aromatic carbocycles. The fraction of sp³-hybridized carbons (Fsp3) is 1.00. The molecule has 0 saturated carbocycles. The van der Waals surface area contributed by atoms with Crippen molar-refractivity contribution in [2.45, 2.75) is 25.5 Å². The molecule has 1 heterocycles. The highest BCUT2D eigenvalue weighted by Gasteiger charge is 2.24. The van der Waals surface area contributed by atoms with Crippen LogP contribution < -0.4 is 5.32 Å². The molecule has 0 spiro atoms. The lowest BCUT2D eigenvalue weighted by Crippen LogP contribution is -2.51. The molecular formula is C8H18N2O. The molecule has 0 aromatic heterocycles. The molecule has 0 bridgehead atoms. The number of likely N-dealkylation sites (tertiary alicyclic amines) is 1. The zero-order chi connectivity index (χ0) is 8.27. The number of nitrogens with zero attached hydrogens (tertiary/aromatic N) is 1. The van der Waals surface area contributed by atoms with E-state index in [0.717, 1.165) is 26.1 Å². The maximum absolute atomic E-state index is 9.57. The lowest BCUT2D eigenvalue weighted by molar-refractivity contribution is 0.0457. The summed E-state index contributed by atoms with van der Waals surface area (Å²) in [5.41, 5.74) is 0. The SMILES string of the molecule is CCN1CC[C@H](NC)[C@@H](O)C1. The third-order valence-corrected chi connectivity index (χ3v) is 2.48. The number of likely N-dealkylation sites (N-methyl/N-ethyl adjacent to an activating group) is 2. The maximum Gasteiger partial charge on any atom is 0.0820 e. The molecule has 0 unspecified atom stereocenters. The Balaban J connectivity index is 2.34. The van der Waals surface area contributed by atoms with Gasteiger partial charge >= 0.3 is 0 Å². The number of hydrogen-bond donors (Lipinski definition) is 2. The molecule has 0 aliphatic carbocycles. The summed E-state index contributed by atoms with van der Waals surface area (Å²) < 4.78 is 0. The van der Waals surface area contributed by atoms with E-state index in [4.69, 9.17) is 0 Å². The number of aliphatic hydroxyl groups is 1. The minimum atomic E-state index is -0.186. The summed E-state index contributed by atoms with van der Waals surface area (Å²) in [5, 5.41) is 12.7. The first-order valence-corrected chi connectivity index (χ1v) is 4.35. The second-order valence-corrected chi connectivity index (χ2v) is 3.14. The number of piperidine rings is 1. The van der Waals surface area contributed by atoms with Crippen molar-refractivity contribution in [1.82, 2.24) is 10.2 Å². The fourth-order valence-corrected chi connectivity index (χ4v) is 1.62. The number of aliphatic hydroxyl groups excluding tert-OH is 1. The largest absolute Gasteiger partial charge is 0.390 e. The molecule has 1 aliphatic rings. The molecule has 1 rings (SSSR count). The molecule has 2 N–H and O–H groups in total. The summed E-state index contributed by atoms with van der Waals surface area (Å²) in [6.07, 6.45) is 0.875. The predicted molar refractivity (Wildman–Crippen MR) is 45.6 cm³/mol. The van der Waals surface area contributed by atoms with Crippen LogP contribution in [-0.2, 0) is 0 Å². The number of nitrogens with one attached hydrogen (secondary N) is 1. The van der Waals surface area contributed by atoms with E-state index < -0.39 is 0 Å². The van der Waals surface area contributed by atoms with Gasteiger partial charge in [-0.3, -0.25) is 0 Å². The lowest BCUT2D eigenvalue weighted by Gasteiger charge is -2.34. The van der Waals surface area contributed by atoms with E-state index in [0.29, 0.717) is 6.04 Å². The van der Waals surface area contributed by atoms with Crippen LogP contribution in [0.5, 0.6) is 0 Å². The molecule has 2 atom stereocenters. The highest BCUT2D eigenvalue weighted by Crippen LogP contribution is 2.09. The zero-order valence-electron chi connectivity index (χ0n) is 7.38. The van der Waals surface area contributed by atoms with Gasteiger partial charge in [0.1, 0.15) is 0 Å². The van der Waals surface area contributed by atoms with Gasteiger partial charge in [0, 0.05) is 12.6 Å². The minimum Gasteiger partial charge on any atom is -0.390 e. The standard InChI is InChI=1S/C8H18N2O/c1-3-10-5-4-7(9-2)8(11)6-10/h7-9,11H,3-6H2,1-2H3/t7-,8-/m0/s1. The van der Waals surface area contributed by atoms with Crippen molar-refractivity contribution in [1.29, 1.82) is 0 Å². The molecule has 1 saturated heterocycles. The Kier molecular flexibility index (Phi) is 3.30. The summed E-state index contributed by atoms with van der Waals surface area (Å²) in [5.74, 6) is 0. The molecule has 3 nitrogen and oxygen atoms in total. The van der Waals surface area contributed by atoms with Gasteiger partial charge in [0.15, 0.2) is 0 Å². The normalized spacial score (nSPS) is 34.1. The minimum absolute atomic E-state index is 0.186. The zero-order valence-corrected chi connectivity index (χ0v) is 7.38. The quantitative estimate of drug-likeness (QED) is 0.577. The van der Waals surface area contributed by atoms with Gasteiger partial charge in [-0.25, -0.2) is 0 Å². The van der Waals surface area contributed by atoms with Crippen LogP contribution in [0.1, 0.15) is 13.3 Å². The number of hydrogen-bond acceptors (Lipinski definition) is 3. The molecule has 0 radical (unpaired) electrons. The summed E-state index contributed by atoms with van der Waals surface area (Å²) in [7, 11) is 1.91. The van der Waals surface area contributed by atoms with Gasteiger partial charge in [0.25, 0.3) is 0 Å². The van der Waals surface area contributed by atoms with Crippen molar-refractivity contribution in [3.8, 4) is 0 Å². The Morgan fingerprint density at radius 1 is 1.64 bits per heavy atom. The second kappa shape index (κ2) is 4.04. The summed E-state index contributed by atoms with van der Waals surface area (Å²) in [6.45, 7) is 5.11. The van der Waals surface area contributed by atoms with Crippen LogP contribution in [0.2, 0.25) is 0 Å². The molecule has 11 heavy (non-hydrogen) atoms. The molecule has 66 valence electrons. The Bertz CT molecular complexity index is 119. The monoisotopic (exact) mass is 158 g/mol. The van der Waals surface area contributed by atoms with Crippen LogP contribution in [0.25, 0.3) is 0 Å². The van der Waals surface area contributed by atoms with Gasteiger partial charge in [-0.2, -0.15) is 0 Å². The molecule has 1 fully saturated rings. The highest BCUT2D eigenvalue weighted by molar-refractivity contribution is 4.83. The van der Waals surface area contributed by atoms with Gasteiger partial charge in [-0.1, -0.05) is 6.92 Å². The first-order chi connectivity index (χ1) is 5.27. The van der Waals surface area contributed by atoms with Crippen molar-refractivity contribution in [3.05, 3.63) is 0 Å². The van der Waals surface area contributed by atoms with Crippen LogP contribution in [0, 0.1) is 0 Å².